The Balaban J connectivity index is 0.00000110. The lowest BCUT2D eigenvalue weighted by atomic mass is 10.0. The molecule has 0 saturated carbocycles. The molecule has 1 saturated heterocycles. The number of nitrogens with zero attached hydrogens (tertiary/aromatic N) is 1. The van der Waals surface area contributed by atoms with Gasteiger partial charge < -0.3 is 10.5 Å². The van der Waals surface area contributed by atoms with Crippen molar-refractivity contribution in [2.45, 2.75) is 18.6 Å². The van der Waals surface area contributed by atoms with E-state index in [0.29, 0.717) is 12.2 Å². The number of nitrogens with two attached hydrogens (primary N) is 1. The van der Waals surface area contributed by atoms with Crippen molar-refractivity contribution in [3.8, 4) is 11.1 Å². The van der Waals surface area contributed by atoms with Gasteiger partial charge in [0.15, 0.2) is 0 Å². The van der Waals surface area contributed by atoms with Crippen LogP contribution in [-0.2, 0) is 4.74 Å². The molecular weight excluding hydrogens is 314 g/mol. The lowest BCUT2D eigenvalue weighted by Gasteiger charge is -2.15. The molecule has 2 unspecified atom stereocenters. The van der Waals surface area contributed by atoms with Gasteiger partial charge in [-0.2, -0.15) is 0 Å². The zero-order chi connectivity index (χ0) is 13.2. The van der Waals surface area contributed by atoms with E-state index in [0.717, 1.165) is 17.5 Å². The summed E-state index contributed by atoms with van der Waals surface area (Å²) in [6.45, 7) is 0.662. The maximum absolute atomic E-state index is 13.8. The van der Waals surface area contributed by atoms with Crippen molar-refractivity contribution < 1.29 is 9.13 Å². The molecule has 3 nitrogen and oxygen atoms in total. The van der Waals surface area contributed by atoms with Gasteiger partial charge in [-0.25, -0.2) is 4.39 Å². The number of hydrogen-bond donors (Lipinski definition) is 1. The van der Waals surface area contributed by atoms with Gasteiger partial charge in [0.1, 0.15) is 5.82 Å². The van der Waals surface area contributed by atoms with Crippen LogP contribution in [0, 0.1) is 5.82 Å². The highest BCUT2D eigenvalue weighted by molar-refractivity contribution is 5.85. The number of ether oxygens (including phenoxy) is 1. The predicted molar refractivity (Wildman–Crippen MR) is 85.4 cm³/mol. The van der Waals surface area contributed by atoms with Crippen LogP contribution in [0.1, 0.15) is 18.1 Å². The number of hydrogen-bond acceptors (Lipinski definition) is 3. The smallest absolute Gasteiger partial charge is 0.131 e. The van der Waals surface area contributed by atoms with Crippen molar-refractivity contribution >= 4 is 24.8 Å². The number of halogens is 3. The van der Waals surface area contributed by atoms with Crippen LogP contribution in [0.5, 0.6) is 0 Å². The van der Waals surface area contributed by atoms with Crippen LogP contribution in [0.4, 0.5) is 4.39 Å². The lowest BCUT2D eigenvalue weighted by Crippen LogP contribution is -2.23. The van der Waals surface area contributed by atoms with Crippen LogP contribution in [0.3, 0.4) is 0 Å². The van der Waals surface area contributed by atoms with Crippen LogP contribution >= 0.6 is 24.8 Å². The maximum atomic E-state index is 13.8. The SMILES string of the molecule is Cl.Cl.NC1CCOC1c1cncc(-c2ccccc2F)c1. The van der Waals surface area contributed by atoms with Gasteiger partial charge in [0.25, 0.3) is 0 Å². The van der Waals surface area contributed by atoms with Crippen LogP contribution in [-0.4, -0.2) is 17.6 Å². The second-order valence-electron chi connectivity index (χ2n) is 4.73. The summed E-state index contributed by atoms with van der Waals surface area (Å²) in [5.74, 6) is -0.252. The fraction of sp³-hybridized carbons (Fsp3) is 0.267. The van der Waals surface area contributed by atoms with E-state index in [1.807, 2.05) is 12.1 Å². The van der Waals surface area contributed by atoms with E-state index >= 15 is 0 Å². The van der Waals surface area contributed by atoms with E-state index < -0.39 is 0 Å². The molecular formula is C15H17Cl2FN2O. The summed E-state index contributed by atoms with van der Waals surface area (Å²) >= 11 is 0. The first-order chi connectivity index (χ1) is 9.25. The first-order valence-electron chi connectivity index (χ1n) is 6.33. The average Bonchev–Trinajstić information content (AvgIpc) is 2.86. The van der Waals surface area contributed by atoms with Crippen LogP contribution in [0.25, 0.3) is 11.1 Å². The molecule has 6 heteroatoms. The first-order valence-corrected chi connectivity index (χ1v) is 6.33. The molecule has 3 rings (SSSR count). The quantitative estimate of drug-likeness (QED) is 0.916. The molecule has 2 heterocycles. The van der Waals surface area contributed by atoms with E-state index in [1.165, 1.54) is 6.07 Å². The minimum absolute atomic E-state index is 0. The Bertz CT molecular complexity index is 597. The topological polar surface area (TPSA) is 48.1 Å². The molecule has 0 bridgehead atoms. The Morgan fingerprint density at radius 2 is 1.95 bits per heavy atom. The van der Waals surface area contributed by atoms with Crippen LogP contribution in [0.15, 0.2) is 42.7 Å². The fourth-order valence-electron chi connectivity index (χ4n) is 2.41. The summed E-state index contributed by atoms with van der Waals surface area (Å²) in [7, 11) is 0. The highest BCUT2D eigenvalue weighted by atomic mass is 35.5. The van der Waals surface area contributed by atoms with E-state index in [4.69, 9.17) is 10.5 Å². The molecule has 1 aromatic carbocycles. The predicted octanol–water partition coefficient (Wildman–Crippen LogP) is 3.52. The van der Waals surface area contributed by atoms with Crippen molar-refractivity contribution in [3.63, 3.8) is 0 Å². The molecule has 0 radical (unpaired) electrons. The number of benzene rings is 1. The molecule has 0 spiro atoms. The van der Waals surface area contributed by atoms with Gasteiger partial charge >= 0.3 is 0 Å². The molecule has 1 aliphatic heterocycles. The number of aromatic nitrogens is 1. The molecule has 1 fully saturated rings. The molecule has 2 atom stereocenters. The Kier molecular flexibility index (Phi) is 6.55. The summed E-state index contributed by atoms with van der Waals surface area (Å²) in [5, 5.41) is 0. The lowest BCUT2D eigenvalue weighted by molar-refractivity contribution is 0.105. The zero-order valence-electron chi connectivity index (χ0n) is 11.2. The monoisotopic (exact) mass is 330 g/mol. The fourth-order valence-corrected chi connectivity index (χ4v) is 2.41. The van der Waals surface area contributed by atoms with Crippen molar-refractivity contribution in [3.05, 3.63) is 54.1 Å². The van der Waals surface area contributed by atoms with E-state index in [2.05, 4.69) is 4.98 Å². The van der Waals surface area contributed by atoms with Crippen LogP contribution < -0.4 is 5.73 Å². The second-order valence-corrected chi connectivity index (χ2v) is 4.73. The van der Waals surface area contributed by atoms with Crippen molar-refractivity contribution in [1.29, 1.82) is 0 Å². The molecule has 1 aliphatic rings. The number of rotatable bonds is 2. The van der Waals surface area contributed by atoms with Crippen molar-refractivity contribution in [2.75, 3.05) is 6.61 Å². The zero-order valence-corrected chi connectivity index (χ0v) is 12.9. The molecule has 0 amide bonds. The van der Waals surface area contributed by atoms with Gasteiger partial charge in [-0.1, -0.05) is 18.2 Å². The first kappa shape index (κ1) is 17.9. The minimum atomic E-state index is -0.252. The second kappa shape index (κ2) is 7.71. The van der Waals surface area contributed by atoms with E-state index in [9.17, 15) is 4.39 Å². The highest BCUT2D eigenvalue weighted by Crippen LogP contribution is 2.30. The molecule has 2 aromatic rings. The minimum Gasteiger partial charge on any atom is -0.372 e. The van der Waals surface area contributed by atoms with Crippen LogP contribution in [0.2, 0.25) is 0 Å². The third kappa shape index (κ3) is 3.71. The summed E-state index contributed by atoms with van der Waals surface area (Å²) in [6, 6.07) is 8.56. The third-order valence-electron chi connectivity index (χ3n) is 3.41. The Labute approximate surface area is 135 Å². The summed E-state index contributed by atoms with van der Waals surface area (Å²) < 4.78 is 19.4. The van der Waals surface area contributed by atoms with Gasteiger partial charge in [0.2, 0.25) is 0 Å². The van der Waals surface area contributed by atoms with Crippen molar-refractivity contribution in [2.24, 2.45) is 5.73 Å². The summed E-state index contributed by atoms with van der Waals surface area (Å²) in [6.07, 6.45) is 4.09. The molecule has 0 aliphatic carbocycles. The largest absolute Gasteiger partial charge is 0.372 e. The standard InChI is InChI=1S/C15H15FN2O.2ClH/c16-13-4-2-1-3-12(13)10-7-11(9-18-8-10)15-14(17)5-6-19-15;;/h1-4,7-9,14-15H,5-6,17H2;2*1H. The third-order valence-corrected chi connectivity index (χ3v) is 3.41. The molecule has 1 aromatic heterocycles. The maximum Gasteiger partial charge on any atom is 0.131 e. The highest BCUT2D eigenvalue weighted by Gasteiger charge is 2.26. The summed E-state index contributed by atoms with van der Waals surface area (Å²) in [4.78, 5) is 4.18. The Hall–Kier alpha value is -1.20. The van der Waals surface area contributed by atoms with Crippen molar-refractivity contribution in [1.82, 2.24) is 4.98 Å². The Morgan fingerprint density at radius 3 is 2.62 bits per heavy atom. The molecule has 2 N–H and O–H groups in total. The summed E-state index contributed by atoms with van der Waals surface area (Å²) in [5.41, 5.74) is 8.20. The molecule has 21 heavy (non-hydrogen) atoms. The van der Waals surface area contributed by atoms with E-state index in [1.54, 1.807) is 24.5 Å². The van der Waals surface area contributed by atoms with Gasteiger partial charge in [-0.15, -0.1) is 24.8 Å². The van der Waals surface area contributed by atoms with Gasteiger partial charge in [-0.3, -0.25) is 4.98 Å². The average molecular weight is 331 g/mol. The Morgan fingerprint density at radius 1 is 1.19 bits per heavy atom. The van der Waals surface area contributed by atoms with Gasteiger partial charge in [0, 0.05) is 41.7 Å². The normalized spacial score (nSPS) is 20.5. The number of pyridine rings is 1. The van der Waals surface area contributed by atoms with Gasteiger partial charge in [0.05, 0.1) is 6.10 Å². The van der Waals surface area contributed by atoms with Gasteiger partial charge in [-0.05, 0) is 18.6 Å². The molecule has 114 valence electrons. The van der Waals surface area contributed by atoms with E-state index in [-0.39, 0.29) is 42.8 Å².